The van der Waals surface area contributed by atoms with Gasteiger partial charge in [-0.15, -0.1) is 6.58 Å². The molecule has 0 radical (unpaired) electrons. The van der Waals surface area contributed by atoms with Crippen LogP contribution in [0.15, 0.2) is 63.8 Å². The van der Waals surface area contributed by atoms with Crippen molar-refractivity contribution < 1.29 is 0 Å². The first-order chi connectivity index (χ1) is 13.4. The van der Waals surface area contributed by atoms with Crippen molar-refractivity contribution in [3.05, 3.63) is 75.5 Å². The van der Waals surface area contributed by atoms with E-state index in [0.29, 0.717) is 23.7 Å². The van der Waals surface area contributed by atoms with Crippen molar-refractivity contribution in [1.82, 2.24) is 18.7 Å². The molecule has 0 aliphatic heterocycles. The van der Waals surface area contributed by atoms with E-state index in [4.69, 9.17) is 0 Å². The Bertz CT molecular complexity index is 1200. The first-order valence-electron chi connectivity index (χ1n) is 8.74. The van der Waals surface area contributed by atoms with Crippen molar-refractivity contribution in [3.8, 4) is 0 Å². The molecule has 3 rings (SSSR count). The molecule has 8 heteroatoms. The summed E-state index contributed by atoms with van der Waals surface area (Å²) < 4.78 is 4.06. The molecule has 0 aliphatic carbocycles. The van der Waals surface area contributed by atoms with E-state index in [9.17, 15) is 9.59 Å². The Morgan fingerprint density at radius 2 is 1.93 bits per heavy atom. The second-order valence-electron chi connectivity index (χ2n) is 6.32. The third kappa shape index (κ3) is 3.57. The van der Waals surface area contributed by atoms with E-state index in [1.807, 2.05) is 49.4 Å². The third-order valence-corrected chi connectivity index (χ3v) is 4.31. The Balaban J connectivity index is 2.00. The first kappa shape index (κ1) is 19.1. The minimum atomic E-state index is -0.433. The summed E-state index contributed by atoms with van der Waals surface area (Å²) in [4.78, 5) is 29.2. The Hall–Kier alpha value is -3.68. The SMILES string of the molecule is C=CCn1c(NN=C(C)C=Cc2ccccc2)nc2c1c(=O)n(C)c(=O)n2C. The summed E-state index contributed by atoms with van der Waals surface area (Å²) in [6, 6.07) is 9.88. The summed E-state index contributed by atoms with van der Waals surface area (Å²) in [5.41, 5.74) is 4.45. The van der Waals surface area contributed by atoms with Crippen LogP contribution in [0.25, 0.3) is 17.2 Å². The molecule has 28 heavy (non-hydrogen) atoms. The van der Waals surface area contributed by atoms with Gasteiger partial charge in [-0.2, -0.15) is 10.1 Å². The van der Waals surface area contributed by atoms with Gasteiger partial charge in [-0.05, 0) is 18.6 Å². The summed E-state index contributed by atoms with van der Waals surface area (Å²) in [5.74, 6) is 0.362. The second kappa shape index (κ2) is 7.91. The molecule has 0 saturated heterocycles. The summed E-state index contributed by atoms with van der Waals surface area (Å²) >= 11 is 0. The van der Waals surface area contributed by atoms with Crippen LogP contribution in [0.4, 0.5) is 5.95 Å². The summed E-state index contributed by atoms with van der Waals surface area (Å²) in [5, 5.41) is 4.32. The van der Waals surface area contributed by atoms with Gasteiger partial charge in [0.2, 0.25) is 5.95 Å². The van der Waals surface area contributed by atoms with Crippen LogP contribution in [-0.4, -0.2) is 24.4 Å². The van der Waals surface area contributed by atoms with E-state index in [2.05, 4.69) is 22.1 Å². The zero-order valence-corrected chi connectivity index (χ0v) is 16.1. The summed E-state index contributed by atoms with van der Waals surface area (Å²) in [7, 11) is 3.02. The number of aryl methyl sites for hydroxylation is 1. The lowest BCUT2D eigenvalue weighted by Gasteiger charge is -2.06. The lowest BCUT2D eigenvalue weighted by Crippen LogP contribution is -2.37. The predicted octanol–water partition coefficient (Wildman–Crippen LogP) is 2.12. The molecular formula is C20H22N6O2. The molecular weight excluding hydrogens is 356 g/mol. The highest BCUT2D eigenvalue weighted by Crippen LogP contribution is 2.15. The number of anilines is 1. The maximum atomic E-state index is 12.6. The van der Waals surface area contributed by atoms with Crippen LogP contribution in [0.2, 0.25) is 0 Å². The second-order valence-corrected chi connectivity index (χ2v) is 6.32. The number of imidazole rings is 1. The van der Waals surface area contributed by atoms with Crippen LogP contribution in [0.3, 0.4) is 0 Å². The molecule has 3 aromatic rings. The van der Waals surface area contributed by atoms with Gasteiger partial charge in [0.05, 0.1) is 5.71 Å². The van der Waals surface area contributed by atoms with Crippen LogP contribution in [0, 0.1) is 0 Å². The Morgan fingerprint density at radius 3 is 2.61 bits per heavy atom. The molecule has 0 spiro atoms. The van der Waals surface area contributed by atoms with Gasteiger partial charge in [-0.3, -0.25) is 18.5 Å². The van der Waals surface area contributed by atoms with Gasteiger partial charge in [0.15, 0.2) is 11.2 Å². The largest absolute Gasteiger partial charge is 0.332 e. The number of rotatable bonds is 6. The highest BCUT2D eigenvalue weighted by Gasteiger charge is 2.18. The van der Waals surface area contributed by atoms with Crippen LogP contribution < -0.4 is 16.7 Å². The van der Waals surface area contributed by atoms with Gasteiger partial charge in [0.1, 0.15) is 0 Å². The molecule has 144 valence electrons. The van der Waals surface area contributed by atoms with E-state index >= 15 is 0 Å². The standard InChI is InChI=1S/C20H22N6O2/c1-5-13-26-16-17(24(3)20(28)25(4)18(16)27)21-19(26)23-22-14(2)11-12-15-9-7-6-8-10-15/h5-12H,1,13H2,2-4H3,(H,21,23). The third-order valence-electron chi connectivity index (χ3n) is 4.31. The Kier molecular flexibility index (Phi) is 5.39. The van der Waals surface area contributed by atoms with Crippen molar-refractivity contribution in [2.75, 3.05) is 5.43 Å². The minimum absolute atomic E-state index is 0.296. The van der Waals surface area contributed by atoms with Crippen LogP contribution in [0.1, 0.15) is 12.5 Å². The lowest BCUT2D eigenvalue weighted by molar-refractivity contribution is 0.703. The zero-order valence-electron chi connectivity index (χ0n) is 16.1. The number of benzene rings is 1. The number of allylic oxidation sites excluding steroid dienone is 2. The van der Waals surface area contributed by atoms with E-state index in [0.717, 1.165) is 15.8 Å². The first-order valence-corrected chi connectivity index (χ1v) is 8.74. The molecule has 2 heterocycles. The zero-order chi connectivity index (χ0) is 20.3. The smallest absolute Gasteiger partial charge is 0.299 e. The number of nitrogens with zero attached hydrogens (tertiary/aromatic N) is 5. The number of fused-ring (bicyclic) bond motifs is 1. The van der Waals surface area contributed by atoms with Crippen LogP contribution in [0.5, 0.6) is 0 Å². The fourth-order valence-corrected chi connectivity index (χ4v) is 2.80. The summed E-state index contributed by atoms with van der Waals surface area (Å²) in [6.45, 7) is 5.93. The highest BCUT2D eigenvalue weighted by molar-refractivity contribution is 5.96. The number of hydrazone groups is 1. The van der Waals surface area contributed by atoms with Gasteiger partial charge in [0.25, 0.3) is 5.56 Å². The lowest BCUT2D eigenvalue weighted by atomic mass is 10.2. The maximum Gasteiger partial charge on any atom is 0.332 e. The Morgan fingerprint density at radius 1 is 1.21 bits per heavy atom. The average Bonchev–Trinajstić information content (AvgIpc) is 3.07. The molecule has 1 N–H and O–H groups in total. The molecule has 0 atom stereocenters. The maximum absolute atomic E-state index is 12.6. The normalized spacial score (nSPS) is 12.0. The predicted molar refractivity (Wildman–Crippen MR) is 113 cm³/mol. The molecule has 1 aromatic carbocycles. The van der Waals surface area contributed by atoms with Gasteiger partial charge in [-0.1, -0.05) is 42.5 Å². The van der Waals surface area contributed by atoms with Gasteiger partial charge in [-0.25, -0.2) is 10.2 Å². The van der Waals surface area contributed by atoms with Crippen molar-refractivity contribution in [3.63, 3.8) is 0 Å². The van der Waals surface area contributed by atoms with Crippen molar-refractivity contribution in [2.24, 2.45) is 19.2 Å². The van der Waals surface area contributed by atoms with Crippen LogP contribution >= 0.6 is 0 Å². The molecule has 8 nitrogen and oxygen atoms in total. The molecule has 0 fully saturated rings. The van der Waals surface area contributed by atoms with Gasteiger partial charge < -0.3 is 0 Å². The fourth-order valence-electron chi connectivity index (χ4n) is 2.80. The van der Waals surface area contributed by atoms with E-state index in [-0.39, 0.29) is 0 Å². The van der Waals surface area contributed by atoms with Crippen LogP contribution in [-0.2, 0) is 20.6 Å². The van der Waals surface area contributed by atoms with E-state index in [1.54, 1.807) is 17.7 Å². The number of hydrogen-bond acceptors (Lipinski definition) is 5. The number of aromatic nitrogens is 4. The fraction of sp³-hybridized carbons (Fsp3) is 0.200. The Labute approximate surface area is 161 Å². The highest BCUT2D eigenvalue weighted by atomic mass is 16.2. The van der Waals surface area contributed by atoms with Gasteiger partial charge in [0, 0.05) is 20.6 Å². The molecule has 0 saturated carbocycles. The van der Waals surface area contributed by atoms with E-state index in [1.165, 1.54) is 11.6 Å². The molecule has 0 aliphatic rings. The average molecular weight is 378 g/mol. The number of nitrogens with one attached hydrogen (secondary N) is 1. The van der Waals surface area contributed by atoms with Crippen molar-refractivity contribution in [1.29, 1.82) is 0 Å². The quantitative estimate of drug-likeness (QED) is 0.404. The van der Waals surface area contributed by atoms with E-state index < -0.39 is 11.2 Å². The molecule has 2 aromatic heterocycles. The summed E-state index contributed by atoms with van der Waals surface area (Å²) in [6.07, 6.45) is 5.48. The monoisotopic (exact) mass is 378 g/mol. The van der Waals surface area contributed by atoms with Gasteiger partial charge >= 0.3 is 5.69 Å². The topological polar surface area (TPSA) is 86.2 Å². The molecule has 0 bridgehead atoms. The molecule has 0 unspecified atom stereocenters. The molecule has 0 amide bonds. The minimum Gasteiger partial charge on any atom is -0.299 e. The van der Waals surface area contributed by atoms with Crippen molar-refractivity contribution >= 4 is 28.9 Å². The van der Waals surface area contributed by atoms with Crippen molar-refractivity contribution in [2.45, 2.75) is 13.5 Å². The number of hydrogen-bond donors (Lipinski definition) is 1.